The van der Waals surface area contributed by atoms with E-state index in [9.17, 15) is 4.79 Å². The molecule has 0 atom stereocenters. The standard InChI is InChI=1S/C21H20ClN3OS/c1-13-7-9-16(10-8-13)12-27-21-23-11-17(22)19(25-21)20(26)24-18-14(2)5-4-6-15(18)3/h4-11H,12H2,1-3H3,(H,24,26). The molecule has 0 radical (unpaired) electrons. The zero-order chi connectivity index (χ0) is 19.4. The maximum Gasteiger partial charge on any atom is 0.275 e. The van der Waals surface area contributed by atoms with Crippen molar-refractivity contribution in [3.8, 4) is 0 Å². The van der Waals surface area contributed by atoms with Crippen molar-refractivity contribution in [2.45, 2.75) is 31.7 Å². The number of hydrogen-bond donors (Lipinski definition) is 1. The van der Waals surface area contributed by atoms with Crippen molar-refractivity contribution in [1.29, 1.82) is 0 Å². The van der Waals surface area contributed by atoms with Gasteiger partial charge in [0.25, 0.3) is 5.91 Å². The molecule has 2 aromatic carbocycles. The summed E-state index contributed by atoms with van der Waals surface area (Å²) >= 11 is 7.65. The summed E-state index contributed by atoms with van der Waals surface area (Å²) < 4.78 is 0. The van der Waals surface area contributed by atoms with Gasteiger partial charge >= 0.3 is 0 Å². The number of thioether (sulfide) groups is 1. The monoisotopic (exact) mass is 397 g/mol. The fraction of sp³-hybridized carbons (Fsp3) is 0.190. The summed E-state index contributed by atoms with van der Waals surface area (Å²) in [6.45, 7) is 5.96. The molecule has 0 saturated heterocycles. The minimum atomic E-state index is -0.336. The summed E-state index contributed by atoms with van der Waals surface area (Å²) in [6, 6.07) is 14.2. The lowest BCUT2D eigenvalue weighted by molar-refractivity contribution is 0.102. The van der Waals surface area contributed by atoms with Crippen LogP contribution in [0, 0.1) is 20.8 Å². The molecule has 138 valence electrons. The summed E-state index contributed by atoms with van der Waals surface area (Å²) in [5.41, 5.74) is 5.33. The van der Waals surface area contributed by atoms with E-state index in [1.807, 2.05) is 32.0 Å². The number of carbonyl (C=O) groups is 1. The predicted octanol–water partition coefficient (Wildman–Crippen LogP) is 5.60. The van der Waals surface area contributed by atoms with E-state index in [2.05, 4.69) is 46.5 Å². The van der Waals surface area contributed by atoms with Crippen LogP contribution >= 0.6 is 23.4 Å². The highest BCUT2D eigenvalue weighted by atomic mass is 35.5. The molecule has 1 amide bonds. The van der Waals surface area contributed by atoms with Crippen LogP contribution in [0.1, 0.15) is 32.7 Å². The first-order valence-electron chi connectivity index (χ1n) is 8.52. The molecule has 6 heteroatoms. The zero-order valence-electron chi connectivity index (χ0n) is 15.4. The van der Waals surface area contributed by atoms with E-state index >= 15 is 0 Å². The van der Waals surface area contributed by atoms with Gasteiger partial charge in [0.2, 0.25) is 0 Å². The Balaban J connectivity index is 1.76. The minimum Gasteiger partial charge on any atom is -0.320 e. The van der Waals surface area contributed by atoms with Gasteiger partial charge < -0.3 is 5.32 Å². The molecule has 0 aliphatic rings. The second-order valence-corrected chi connectivity index (χ2v) is 7.69. The van der Waals surface area contributed by atoms with Crippen molar-refractivity contribution in [2.75, 3.05) is 5.32 Å². The number of rotatable bonds is 5. The van der Waals surface area contributed by atoms with E-state index in [0.717, 1.165) is 22.6 Å². The second-order valence-electron chi connectivity index (χ2n) is 6.34. The Labute approximate surface area is 168 Å². The number of halogens is 1. The lowest BCUT2D eigenvalue weighted by Gasteiger charge is -2.12. The van der Waals surface area contributed by atoms with Crippen molar-refractivity contribution in [1.82, 2.24) is 9.97 Å². The van der Waals surface area contributed by atoms with Crippen LogP contribution in [-0.2, 0) is 5.75 Å². The van der Waals surface area contributed by atoms with Crippen LogP contribution in [0.25, 0.3) is 0 Å². The van der Waals surface area contributed by atoms with Crippen molar-refractivity contribution in [3.63, 3.8) is 0 Å². The molecule has 1 heterocycles. The number of hydrogen-bond acceptors (Lipinski definition) is 4. The molecule has 0 bridgehead atoms. The van der Waals surface area contributed by atoms with Gasteiger partial charge in [0.15, 0.2) is 10.9 Å². The molecule has 0 spiro atoms. The minimum absolute atomic E-state index is 0.181. The van der Waals surface area contributed by atoms with Crippen LogP contribution in [0.2, 0.25) is 5.02 Å². The van der Waals surface area contributed by atoms with E-state index < -0.39 is 0 Å². The van der Waals surface area contributed by atoms with Gasteiger partial charge in [-0.3, -0.25) is 4.79 Å². The largest absolute Gasteiger partial charge is 0.320 e. The van der Waals surface area contributed by atoms with Gasteiger partial charge in [-0.25, -0.2) is 9.97 Å². The number of nitrogens with zero attached hydrogens (tertiary/aromatic N) is 2. The highest BCUT2D eigenvalue weighted by Crippen LogP contribution is 2.24. The number of nitrogens with one attached hydrogen (secondary N) is 1. The molecule has 1 aromatic heterocycles. The summed E-state index contributed by atoms with van der Waals surface area (Å²) in [5.74, 6) is 0.386. The Bertz CT molecular complexity index is 953. The maximum atomic E-state index is 12.7. The van der Waals surface area contributed by atoms with E-state index in [1.54, 1.807) is 0 Å². The fourth-order valence-electron chi connectivity index (χ4n) is 2.60. The Morgan fingerprint density at radius 1 is 1.07 bits per heavy atom. The van der Waals surface area contributed by atoms with E-state index in [-0.39, 0.29) is 16.6 Å². The molecule has 0 fully saturated rings. The van der Waals surface area contributed by atoms with Crippen LogP contribution in [0.15, 0.2) is 53.8 Å². The smallest absolute Gasteiger partial charge is 0.275 e. The third kappa shape index (κ3) is 4.87. The Kier molecular flexibility index (Phi) is 6.14. The summed E-state index contributed by atoms with van der Waals surface area (Å²) in [6.07, 6.45) is 1.48. The number of amides is 1. The van der Waals surface area contributed by atoms with Gasteiger partial charge in [0, 0.05) is 11.4 Å². The van der Waals surface area contributed by atoms with Crippen molar-refractivity contribution in [3.05, 3.63) is 81.6 Å². The predicted molar refractivity (Wildman–Crippen MR) is 112 cm³/mol. The van der Waals surface area contributed by atoms with Gasteiger partial charge in [-0.1, -0.05) is 71.4 Å². The fourth-order valence-corrected chi connectivity index (χ4v) is 3.54. The molecule has 27 heavy (non-hydrogen) atoms. The highest BCUT2D eigenvalue weighted by molar-refractivity contribution is 7.98. The average molecular weight is 398 g/mol. The molecule has 3 aromatic rings. The van der Waals surface area contributed by atoms with Crippen LogP contribution in [-0.4, -0.2) is 15.9 Å². The molecular weight excluding hydrogens is 378 g/mol. The van der Waals surface area contributed by atoms with Crippen LogP contribution in [0.4, 0.5) is 5.69 Å². The van der Waals surface area contributed by atoms with Crippen molar-refractivity contribution in [2.24, 2.45) is 0 Å². The topological polar surface area (TPSA) is 54.9 Å². The molecule has 0 unspecified atom stereocenters. The quantitative estimate of drug-likeness (QED) is 0.449. The Morgan fingerprint density at radius 2 is 1.74 bits per heavy atom. The maximum absolute atomic E-state index is 12.7. The van der Waals surface area contributed by atoms with Gasteiger partial charge in [-0.15, -0.1) is 0 Å². The van der Waals surface area contributed by atoms with Crippen molar-refractivity contribution >= 4 is 35.0 Å². The average Bonchev–Trinajstić information content (AvgIpc) is 2.65. The van der Waals surface area contributed by atoms with Crippen LogP contribution in [0.5, 0.6) is 0 Å². The number of para-hydroxylation sites is 1. The van der Waals surface area contributed by atoms with E-state index in [1.165, 1.54) is 29.1 Å². The van der Waals surface area contributed by atoms with Gasteiger partial charge in [0.05, 0.1) is 11.2 Å². The molecule has 0 aliphatic carbocycles. The van der Waals surface area contributed by atoms with E-state index in [4.69, 9.17) is 11.6 Å². The molecule has 3 rings (SSSR count). The SMILES string of the molecule is Cc1ccc(CSc2ncc(Cl)c(C(=O)Nc3c(C)cccc3C)n2)cc1. The molecule has 0 aliphatic heterocycles. The molecule has 0 saturated carbocycles. The summed E-state index contributed by atoms with van der Waals surface area (Å²) in [5, 5.41) is 3.67. The highest BCUT2D eigenvalue weighted by Gasteiger charge is 2.16. The normalized spacial score (nSPS) is 10.7. The third-order valence-electron chi connectivity index (χ3n) is 4.15. The molecule has 1 N–H and O–H groups in total. The third-order valence-corrected chi connectivity index (χ3v) is 5.35. The van der Waals surface area contributed by atoms with E-state index in [0.29, 0.717) is 5.16 Å². The van der Waals surface area contributed by atoms with Gasteiger partial charge in [0.1, 0.15) is 0 Å². The first-order valence-corrected chi connectivity index (χ1v) is 9.89. The van der Waals surface area contributed by atoms with Crippen LogP contribution in [0.3, 0.4) is 0 Å². The van der Waals surface area contributed by atoms with Crippen LogP contribution < -0.4 is 5.32 Å². The Morgan fingerprint density at radius 3 is 2.41 bits per heavy atom. The second kappa shape index (κ2) is 8.55. The number of benzene rings is 2. The van der Waals surface area contributed by atoms with Gasteiger partial charge in [-0.2, -0.15) is 0 Å². The number of aromatic nitrogens is 2. The van der Waals surface area contributed by atoms with Gasteiger partial charge in [-0.05, 0) is 37.5 Å². The summed E-state index contributed by atoms with van der Waals surface area (Å²) in [7, 11) is 0. The zero-order valence-corrected chi connectivity index (χ0v) is 17.0. The first-order chi connectivity index (χ1) is 12.9. The lowest BCUT2D eigenvalue weighted by atomic mass is 10.1. The summed E-state index contributed by atoms with van der Waals surface area (Å²) in [4.78, 5) is 21.3. The first kappa shape index (κ1) is 19.4. The molecule has 4 nitrogen and oxygen atoms in total. The molecular formula is C21H20ClN3OS. The number of anilines is 1. The lowest BCUT2D eigenvalue weighted by Crippen LogP contribution is -2.16. The number of aryl methyl sites for hydroxylation is 3. The number of carbonyl (C=O) groups excluding carboxylic acids is 1. The van der Waals surface area contributed by atoms with Crippen molar-refractivity contribution < 1.29 is 4.79 Å². The Hall–Kier alpha value is -2.37.